The van der Waals surface area contributed by atoms with Crippen molar-refractivity contribution in [3.05, 3.63) is 29.3 Å². The van der Waals surface area contributed by atoms with Gasteiger partial charge in [-0.3, -0.25) is 4.99 Å². The molecule has 0 aromatic heterocycles. The predicted molar refractivity (Wildman–Crippen MR) is 67.0 cm³/mol. The van der Waals surface area contributed by atoms with Gasteiger partial charge in [-0.1, -0.05) is 6.07 Å². The summed E-state index contributed by atoms with van der Waals surface area (Å²) in [5, 5.41) is 6.17. The Morgan fingerprint density at radius 1 is 1.38 bits per heavy atom. The standard InChI is InChI=1S/C12H19N3O/c1-9-5-10(7-11(6-9)16-4)8-15-12(13-2)14-3/h5-7H,8H2,1-4H3,(H2,13,14,15). The van der Waals surface area contributed by atoms with Crippen LogP contribution in [0.1, 0.15) is 11.1 Å². The van der Waals surface area contributed by atoms with Crippen LogP contribution in [-0.2, 0) is 6.54 Å². The van der Waals surface area contributed by atoms with Crippen LogP contribution in [0, 0.1) is 6.92 Å². The van der Waals surface area contributed by atoms with E-state index in [0.717, 1.165) is 18.3 Å². The first-order valence-corrected chi connectivity index (χ1v) is 5.22. The number of guanidine groups is 1. The lowest BCUT2D eigenvalue weighted by molar-refractivity contribution is 0.414. The molecule has 0 aliphatic rings. The molecule has 0 unspecified atom stereocenters. The molecule has 0 heterocycles. The molecule has 0 bridgehead atoms. The van der Waals surface area contributed by atoms with Crippen molar-refractivity contribution >= 4 is 5.96 Å². The average Bonchev–Trinajstić information content (AvgIpc) is 2.29. The molecule has 0 spiro atoms. The molecule has 0 atom stereocenters. The second-order valence-electron chi connectivity index (χ2n) is 3.53. The van der Waals surface area contributed by atoms with Gasteiger partial charge in [0.25, 0.3) is 0 Å². The number of ether oxygens (including phenoxy) is 1. The Balaban J connectivity index is 2.70. The lowest BCUT2D eigenvalue weighted by Gasteiger charge is -2.10. The van der Waals surface area contributed by atoms with E-state index in [1.165, 1.54) is 11.1 Å². The summed E-state index contributed by atoms with van der Waals surface area (Å²) >= 11 is 0. The van der Waals surface area contributed by atoms with Gasteiger partial charge in [0.15, 0.2) is 5.96 Å². The molecule has 0 saturated heterocycles. The molecule has 4 heteroatoms. The van der Waals surface area contributed by atoms with Gasteiger partial charge in [-0.05, 0) is 30.2 Å². The van der Waals surface area contributed by atoms with Gasteiger partial charge in [0.05, 0.1) is 7.11 Å². The number of aryl methyl sites for hydroxylation is 1. The van der Waals surface area contributed by atoms with Crippen molar-refractivity contribution in [2.24, 2.45) is 4.99 Å². The number of benzene rings is 1. The Morgan fingerprint density at radius 3 is 2.69 bits per heavy atom. The minimum Gasteiger partial charge on any atom is -0.497 e. The molecule has 0 aliphatic heterocycles. The van der Waals surface area contributed by atoms with Crippen LogP contribution in [0.4, 0.5) is 0 Å². The predicted octanol–water partition coefficient (Wildman–Crippen LogP) is 1.30. The molecule has 0 amide bonds. The normalized spacial score (nSPS) is 11.1. The smallest absolute Gasteiger partial charge is 0.190 e. The Kier molecular flexibility index (Phi) is 4.64. The molecule has 0 saturated carbocycles. The lowest BCUT2D eigenvalue weighted by atomic mass is 10.1. The highest BCUT2D eigenvalue weighted by Crippen LogP contribution is 2.16. The summed E-state index contributed by atoms with van der Waals surface area (Å²) in [6, 6.07) is 6.15. The van der Waals surface area contributed by atoms with E-state index in [1.807, 2.05) is 19.2 Å². The number of aliphatic imine (C=N–C) groups is 1. The van der Waals surface area contributed by atoms with E-state index >= 15 is 0 Å². The average molecular weight is 221 g/mol. The lowest BCUT2D eigenvalue weighted by Crippen LogP contribution is -2.34. The van der Waals surface area contributed by atoms with E-state index in [0.29, 0.717) is 0 Å². The van der Waals surface area contributed by atoms with Gasteiger partial charge in [0.1, 0.15) is 5.75 Å². The molecule has 1 rings (SSSR count). The maximum Gasteiger partial charge on any atom is 0.190 e. The first-order valence-electron chi connectivity index (χ1n) is 5.22. The second kappa shape index (κ2) is 6.00. The fourth-order valence-corrected chi connectivity index (χ4v) is 1.51. The number of nitrogens with zero attached hydrogens (tertiary/aromatic N) is 1. The van der Waals surface area contributed by atoms with E-state index in [9.17, 15) is 0 Å². The summed E-state index contributed by atoms with van der Waals surface area (Å²) in [7, 11) is 5.26. The van der Waals surface area contributed by atoms with Gasteiger partial charge < -0.3 is 15.4 Å². The molecule has 1 aromatic carbocycles. The van der Waals surface area contributed by atoms with Crippen molar-refractivity contribution in [2.45, 2.75) is 13.5 Å². The Bertz CT molecular complexity index is 375. The van der Waals surface area contributed by atoms with Gasteiger partial charge in [0.2, 0.25) is 0 Å². The Labute approximate surface area is 96.7 Å². The molecule has 0 radical (unpaired) electrons. The fourth-order valence-electron chi connectivity index (χ4n) is 1.51. The van der Waals surface area contributed by atoms with Crippen LogP contribution in [0.5, 0.6) is 5.75 Å². The maximum absolute atomic E-state index is 5.22. The van der Waals surface area contributed by atoms with Gasteiger partial charge >= 0.3 is 0 Å². The van der Waals surface area contributed by atoms with Crippen molar-refractivity contribution in [1.29, 1.82) is 0 Å². The minimum absolute atomic E-state index is 0.728. The van der Waals surface area contributed by atoms with E-state index in [4.69, 9.17) is 4.74 Å². The van der Waals surface area contributed by atoms with Gasteiger partial charge in [-0.25, -0.2) is 0 Å². The molecule has 0 aliphatic carbocycles. The highest BCUT2D eigenvalue weighted by atomic mass is 16.5. The summed E-state index contributed by atoms with van der Waals surface area (Å²) in [5.74, 6) is 1.66. The number of nitrogens with one attached hydrogen (secondary N) is 2. The van der Waals surface area contributed by atoms with E-state index in [1.54, 1.807) is 14.2 Å². The quantitative estimate of drug-likeness (QED) is 0.597. The van der Waals surface area contributed by atoms with Crippen LogP contribution >= 0.6 is 0 Å². The molecule has 1 aromatic rings. The third-order valence-electron chi connectivity index (χ3n) is 2.27. The third-order valence-corrected chi connectivity index (χ3v) is 2.27. The molecule has 0 fully saturated rings. The molecule has 16 heavy (non-hydrogen) atoms. The number of methoxy groups -OCH3 is 1. The first-order chi connectivity index (χ1) is 7.69. The number of hydrogen-bond acceptors (Lipinski definition) is 2. The van der Waals surface area contributed by atoms with Crippen LogP contribution in [0.15, 0.2) is 23.2 Å². The minimum atomic E-state index is 0.728. The monoisotopic (exact) mass is 221 g/mol. The van der Waals surface area contributed by atoms with Gasteiger partial charge in [-0.15, -0.1) is 0 Å². The highest BCUT2D eigenvalue weighted by Gasteiger charge is 1.99. The maximum atomic E-state index is 5.22. The first kappa shape index (κ1) is 12.4. The van der Waals surface area contributed by atoms with Crippen LogP contribution in [0.2, 0.25) is 0 Å². The highest BCUT2D eigenvalue weighted by molar-refractivity contribution is 5.79. The summed E-state index contributed by atoms with van der Waals surface area (Å²) in [4.78, 5) is 4.05. The van der Waals surface area contributed by atoms with Gasteiger partial charge in [0, 0.05) is 20.6 Å². The Morgan fingerprint density at radius 2 is 2.12 bits per heavy atom. The summed E-state index contributed by atoms with van der Waals surface area (Å²) < 4.78 is 5.22. The second-order valence-corrected chi connectivity index (χ2v) is 3.53. The van der Waals surface area contributed by atoms with Crippen molar-refractivity contribution in [2.75, 3.05) is 21.2 Å². The van der Waals surface area contributed by atoms with E-state index in [-0.39, 0.29) is 0 Å². The fraction of sp³-hybridized carbons (Fsp3) is 0.417. The SMILES string of the molecule is CN=C(NC)NCc1cc(C)cc(OC)c1. The van der Waals surface area contributed by atoms with Crippen molar-refractivity contribution < 1.29 is 4.74 Å². The van der Waals surface area contributed by atoms with Crippen molar-refractivity contribution in [3.63, 3.8) is 0 Å². The topological polar surface area (TPSA) is 45.7 Å². The summed E-state index contributed by atoms with van der Waals surface area (Å²) in [5.41, 5.74) is 2.36. The molecular weight excluding hydrogens is 202 g/mol. The summed E-state index contributed by atoms with van der Waals surface area (Å²) in [6.45, 7) is 2.78. The van der Waals surface area contributed by atoms with Crippen LogP contribution in [0.25, 0.3) is 0 Å². The van der Waals surface area contributed by atoms with Crippen LogP contribution < -0.4 is 15.4 Å². The largest absolute Gasteiger partial charge is 0.497 e. The van der Waals surface area contributed by atoms with E-state index < -0.39 is 0 Å². The zero-order valence-corrected chi connectivity index (χ0v) is 10.3. The zero-order chi connectivity index (χ0) is 12.0. The number of hydrogen-bond donors (Lipinski definition) is 2. The number of rotatable bonds is 3. The van der Waals surface area contributed by atoms with Crippen LogP contribution in [0.3, 0.4) is 0 Å². The van der Waals surface area contributed by atoms with Crippen molar-refractivity contribution in [1.82, 2.24) is 10.6 Å². The molecular formula is C12H19N3O. The third kappa shape index (κ3) is 3.46. The van der Waals surface area contributed by atoms with Crippen LogP contribution in [-0.4, -0.2) is 27.2 Å². The molecule has 2 N–H and O–H groups in total. The summed E-state index contributed by atoms with van der Waals surface area (Å²) in [6.07, 6.45) is 0. The van der Waals surface area contributed by atoms with Gasteiger partial charge in [-0.2, -0.15) is 0 Å². The van der Waals surface area contributed by atoms with E-state index in [2.05, 4.69) is 28.6 Å². The van der Waals surface area contributed by atoms with Crippen molar-refractivity contribution in [3.8, 4) is 5.75 Å². The Hall–Kier alpha value is -1.71. The zero-order valence-electron chi connectivity index (χ0n) is 10.3. The molecule has 88 valence electrons. The molecule has 4 nitrogen and oxygen atoms in total.